The highest BCUT2D eigenvalue weighted by molar-refractivity contribution is 5.67. The maximum atomic E-state index is 10.3. The second kappa shape index (κ2) is 5.97. The number of para-hydroxylation sites is 2. The van der Waals surface area contributed by atoms with Crippen LogP contribution in [0.5, 0.6) is 0 Å². The number of nitrogen functional groups attached to an aromatic ring is 1. The zero-order valence-corrected chi connectivity index (χ0v) is 9.10. The van der Waals surface area contributed by atoms with Crippen molar-refractivity contribution in [1.82, 2.24) is 0 Å². The van der Waals surface area contributed by atoms with E-state index in [0.717, 1.165) is 12.1 Å². The first-order chi connectivity index (χ1) is 7.61. The maximum Gasteiger partial charge on any atom is 0.303 e. The van der Waals surface area contributed by atoms with Crippen LogP contribution in [0.3, 0.4) is 0 Å². The summed E-state index contributed by atoms with van der Waals surface area (Å²) in [5.41, 5.74) is 7.16. The second-order valence-corrected chi connectivity index (χ2v) is 3.60. The van der Waals surface area contributed by atoms with Gasteiger partial charge in [-0.2, -0.15) is 0 Å². The molecule has 0 fully saturated rings. The van der Waals surface area contributed by atoms with Crippen molar-refractivity contribution in [3.8, 4) is 0 Å². The van der Waals surface area contributed by atoms with Crippen molar-refractivity contribution >= 4 is 17.3 Å². The summed E-state index contributed by atoms with van der Waals surface area (Å²) < 4.78 is 0. The number of rotatable bonds is 6. The first-order valence-corrected chi connectivity index (χ1v) is 5.20. The Morgan fingerprint density at radius 3 is 2.62 bits per heavy atom. The molecule has 0 aliphatic heterocycles. The molecule has 0 saturated carbocycles. The molecule has 0 aliphatic rings. The lowest BCUT2D eigenvalue weighted by Gasteiger charge is -2.19. The summed E-state index contributed by atoms with van der Waals surface area (Å²) in [4.78, 5) is 10.3. The molecule has 0 aromatic heterocycles. The van der Waals surface area contributed by atoms with Crippen LogP contribution in [0.1, 0.15) is 19.3 Å². The summed E-state index contributed by atoms with van der Waals surface area (Å²) in [6.07, 6.45) is 1.53. The van der Waals surface area contributed by atoms with Crippen LogP contribution >= 0.6 is 0 Å². The van der Waals surface area contributed by atoms with Crippen LogP contribution in [0.25, 0.3) is 0 Å². The lowest BCUT2D eigenvalue weighted by molar-refractivity contribution is -0.137. The predicted molar refractivity (Wildman–Crippen MR) is 63.9 cm³/mol. The van der Waals surface area contributed by atoms with Gasteiger partial charge in [0.15, 0.2) is 0 Å². The highest BCUT2D eigenvalue weighted by atomic mass is 16.4. The standard InChI is InChI=1S/C11H17N3O2/c12-9-5-1-2-6-10(9)14(13)8-4-3-7-11(15)16/h1-2,5-6H,3-4,7-8,12-13H2,(H,15,16). The van der Waals surface area contributed by atoms with Gasteiger partial charge < -0.3 is 15.8 Å². The molecule has 0 unspecified atom stereocenters. The van der Waals surface area contributed by atoms with E-state index in [9.17, 15) is 4.79 Å². The molecule has 16 heavy (non-hydrogen) atoms. The highest BCUT2D eigenvalue weighted by Gasteiger charge is 2.05. The summed E-state index contributed by atoms with van der Waals surface area (Å²) in [6.45, 7) is 0.599. The average Bonchev–Trinajstić information content (AvgIpc) is 2.24. The maximum absolute atomic E-state index is 10.3. The molecule has 0 amide bonds. The average molecular weight is 223 g/mol. The van der Waals surface area contributed by atoms with E-state index in [1.54, 1.807) is 11.1 Å². The molecule has 1 rings (SSSR count). The van der Waals surface area contributed by atoms with Crippen LogP contribution in [-0.4, -0.2) is 17.6 Å². The Balaban J connectivity index is 2.38. The van der Waals surface area contributed by atoms with Gasteiger partial charge in [0.05, 0.1) is 11.4 Å². The quantitative estimate of drug-likeness (QED) is 0.292. The Morgan fingerprint density at radius 2 is 2.00 bits per heavy atom. The lowest BCUT2D eigenvalue weighted by atomic mass is 10.2. The minimum atomic E-state index is -0.775. The van der Waals surface area contributed by atoms with Gasteiger partial charge in [-0.05, 0) is 25.0 Å². The van der Waals surface area contributed by atoms with E-state index in [1.165, 1.54) is 0 Å². The third kappa shape index (κ3) is 3.78. The summed E-state index contributed by atoms with van der Waals surface area (Å²) in [5, 5.41) is 10.0. The molecule has 1 aromatic rings. The summed E-state index contributed by atoms with van der Waals surface area (Å²) >= 11 is 0. The number of nitrogens with zero attached hydrogens (tertiary/aromatic N) is 1. The number of carboxylic acids is 1. The van der Waals surface area contributed by atoms with E-state index >= 15 is 0 Å². The number of anilines is 2. The van der Waals surface area contributed by atoms with Gasteiger partial charge in [0.1, 0.15) is 0 Å². The Bertz CT molecular complexity index is 355. The van der Waals surface area contributed by atoms with Crippen molar-refractivity contribution in [1.29, 1.82) is 0 Å². The van der Waals surface area contributed by atoms with Gasteiger partial charge in [-0.25, -0.2) is 5.84 Å². The van der Waals surface area contributed by atoms with Crippen LogP contribution in [0.15, 0.2) is 24.3 Å². The van der Waals surface area contributed by atoms with Crippen molar-refractivity contribution in [2.24, 2.45) is 5.84 Å². The zero-order valence-electron chi connectivity index (χ0n) is 9.10. The van der Waals surface area contributed by atoms with E-state index in [0.29, 0.717) is 18.7 Å². The van der Waals surface area contributed by atoms with Gasteiger partial charge in [-0.15, -0.1) is 0 Å². The van der Waals surface area contributed by atoms with Gasteiger partial charge in [0.25, 0.3) is 0 Å². The van der Waals surface area contributed by atoms with Crippen molar-refractivity contribution in [2.75, 3.05) is 17.3 Å². The predicted octanol–water partition coefficient (Wildman–Crippen LogP) is 1.20. The molecule has 0 saturated heterocycles. The Hall–Kier alpha value is -1.75. The minimum Gasteiger partial charge on any atom is -0.481 e. The third-order valence-electron chi connectivity index (χ3n) is 2.29. The Kier molecular flexibility index (Phi) is 4.60. The number of hydrogen-bond donors (Lipinski definition) is 3. The van der Waals surface area contributed by atoms with Crippen LogP contribution in [0, 0.1) is 0 Å². The zero-order chi connectivity index (χ0) is 12.0. The second-order valence-electron chi connectivity index (χ2n) is 3.60. The van der Waals surface area contributed by atoms with Crippen LogP contribution < -0.4 is 16.6 Å². The largest absolute Gasteiger partial charge is 0.481 e. The number of nitrogens with two attached hydrogens (primary N) is 2. The summed E-state index contributed by atoms with van der Waals surface area (Å²) in [7, 11) is 0. The molecule has 1 aromatic carbocycles. The molecule has 0 bridgehead atoms. The fraction of sp³-hybridized carbons (Fsp3) is 0.364. The number of carboxylic acid groups (broad SMARTS) is 1. The molecule has 5 N–H and O–H groups in total. The SMILES string of the molecule is Nc1ccccc1N(N)CCCCC(=O)O. The number of benzene rings is 1. The van der Waals surface area contributed by atoms with Gasteiger partial charge in [0.2, 0.25) is 0 Å². The minimum absolute atomic E-state index is 0.179. The van der Waals surface area contributed by atoms with Crippen molar-refractivity contribution < 1.29 is 9.90 Å². The van der Waals surface area contributed by atoms with E-state index in [4.69, 9.17) is 16.7 Å². The first kappa shape index (κ1) is 12.3. The molecule has 5 heteroatoms. The van der Waals surface area contributed by atoms with Gasteiger partial charge in [0, 0.05) is 13.0 Å². The van der Waals surface area contributed by atoms with E-state index < -0.39 is 5.97 Å². The van der Waals surface area contributed by atoms with Crippen molar-refractivity contribution in [3.05, 3.63) is 24.3 Å². The Labute approximate surface area is 94.6 Å². The van der Waals surface area contributed by atoms with Gasteiger partial charge >= 0.3 is 5.97 Å². The smallest absolute Gasteiger partial charge is 0.303 e. The summed E-state index contributed by atoms with van der Waals surface area (Å²) in [5.74, 6) is 5.04. The number of hydrazine groups is 1. The van der Waals surface area contributed by atoms with Crippen molar-refractivity contribution in [2.45, 2.75) is 19.3 Å². The normalized spacial score (nSPS) is 10.1. The topological polar surface area (TPSA) is 92.6 Å². The molecular weight excluding hydrogens is 206 g/mol. The van der Waals surface area contributed by atoms with Gasteiger partial charge in [-0.1, -0.05) is 12.1 Å². The van der Waals surface area contributed by atoms with Crippen LogP contribution in [0.2, 0.25) is 0 Å². The third-order valence-corrected chi connectivity index (χ3v) is 2.29. The van der Waals surface area contributed by atoms with E-state index in [2.05, 4.69) is 0 Å². The fourth-order valence-electron chi connectivity index (χ4n) is 1.43. The Morgan fingerprint density at radius 1 is 1.31 bits per heavy atom. The molecule has 0 atom stereocenters. The highest BCUT2D eigenvalue weighted by Crippen LogP contribution is 2.19. The molecule has 0 spiro atoms. The molecule has 0 heterocycles. The molecular formula is C11H17N3O2. The molecule has 88 valence electrons. The van der Waals surface area contributed by atoms with E-state index in [1.807, 2.05) is 18.2 Å². The monoisotopic (exact) mass is 223 g/mol. The van der Waals surface area contributed by atoms with Gasteiger partial charge in [-0.3, -0.25) is 4.79 Å². The van der Waals surface area contributed by atoms with E-state index in [-0.39, 0.29) is 6.42 Å². The van der Waals surface area contributed by atoms with Crippen LogP contribution in [0.4, 0.5) is 11.4 Å². The molecule has 0 aliphatic carbocycles. The molecule has 0 radical (unpaired) electrons. The number of aliphatic carboxylic acids is 1. The number of carbonyl (C=O) groups is 1. The lowest BCUT2D eigenvalue weighted by Crippen LogP contribution is -2.32. The number of unbranched alkanes of at least 4 members (excludes halogenated alkanes) is 1. The molecule has 5 nitrogen and oxygen atoms in total. The number of hydrogen-bond acceptors (Lipinski definition) is 4. The van der Waals surface area contributed by atoms with Crippen LogP contribution in [-0.2, 0) is 4.79 Å². The fourth-order valence-corrected chi connectivity index (χ4v) is 1.43. The first-order valence-electron chi connectivity index (χ1n) is 5.20. The summed E-state index contributed by atoms with van der Waals surface area (Å²) in [6, 6.07) is 7.33. The van der Waals surface area contributed by atoms with Crippen molar-refractivity contribution in [3.63, 3.8) is 0 Å².